The molecule has 4 fully saturated rings. The van der Waals surface area contributed by atoms with Gasteiger partial charge in [-0.25, -0.2) is 13.2 Å². The summed E-state index contributed by atoms with van der Waals surface area (Å²) in [4.78, 5) is 191. The maximum atomic E-state index is 16.0. The Kier molecular flexibility index (Phi) is 29.0. The molecule has 2 aliphatic carbocycles. The van der Waals surface area contributed by atoms with Crippen molar-refractivity contribution in [1.29, 1.82) is 0 Å². The van der Waals surface area contributed by atoms with Crippen LogP contribution in [0.4, 0.5) is 26.3 Å². The summed E-state index contributed by atoms with van der Waals surface area (Å²) >= 11 is 0. The van der Waals surface area contributed by atoms with E-state index in [-0.39, 0.29) is 69.7 Å². The molecule has 3 aliphatic heterocycles. The molecule has 7 rings (SSSR count). The number of rotatable bonds is 13. The van der Waals surface area contributed by atoms with Gasteiger partial charge in [0.15, 0.2) is 0 Å². The van der Waals surface area contributed by atoms with E-state index in [1.54, 1.807) is 45.0 Å². The van der Waals surface area contributed by atoms with Gasteiger partial charge in [0.1, 0.15) is 71.1 Å². The minimum Gasteiger partial charge on any atom is -0.377 e. The summed E-state index contributed by atoms with van der Waals surface area (Å²) < 4.78 is 93.9. The van der Waals surface area contributed by atoms with Crippen LogP contribution in [0.25, 0.3) is 0 Å². The first-order valence-corrected chi connectivity index (χ1v) is 36.6. The summed E-state index contributed by atoms with van der Waals surface area (Å²) in [6.45, 7) is 8.48. The van der Waals surface area contributed by atoms with Crippen molar-refractivity contribution in [1.82, 2.24) is 60.0 Å². The van der Waals surface area contributed by atoms with E-state index in [1.807, 2.05) is 20.8 Å². The summed E-state index contributed by atoms with van der Waals surface area (Å²) in [5.74, 6) is -15.8. The average molecular weight is 1500 g/mol. The number of carbonyl (C=O) groups excluding carboxylic acids is 12. The molecule has 0 aromatic heterocycles. The first-order chi connectivity index (χ1) is 49.7. The number of amides is 12. The molecule has 2 aromatic rings. The van der Waals surface area contributed by atoms with Crippen LogP contribution in [0, 0.1) is 36.3 Å². The van der Waals surface area contributed by atoms with Crippen LogP contribution in [0.15, 0.2) is 48.3 Å². The Morgan fingerprint density at radius 3 is 1.88 bits per heavy atom. The molecule has 0 radical (unpaired) electrons. The number of nitrogens with one attached hydrogen (secondary N) is 3. The zero-order valence-corrected chi connectivity index (χ0v) is 63.4. The number of hydrogen-bond acceptors (Lipinski definition) is 13. The largest absolute Gasteiger partial charge is 0.422 e. The fourth-order valence-corrected chi connectivity index (χ4v) is 14.9. The summed E-state index contributed by atoms with van der Waals surface area (Å²) in [6, 6.07) is -3.92. The smallest absolute Gasteiger partial charge is 0.377 e. The number of nitrogens with zero attached hydrogens (tertiary/aromatic N) is 9. The molecule has 3 N–H and O–H groups in total. The monoisotopic (exact) mass is 1500 g/mol. The lowest BCUT2D eigenvalue weighted by molar-refractivity contribution is -0.157. The molecule has 3 heterocycles. The molecule has 586 valence electrons. The van der Waals surface area contributed by atoms with E-state index < -0.39 is 211 Å². The predicted molar refractivity (Wildman–Crippen MR) is 378 cm³/mol. The molecule has 2 saturated heterocycles. The Bertz CT molecular complexity index is 3580. The summed E-state index contributed by atoms with van der Waals surface area (Å²) in [6.07, 6.45) is -5.08. The van der Waals surface area contributed by atoms with Crippen molar-refractivity contribution >= 4 is 70.9 Å². The van der Waals surface area contributed by atoms with Gasteiger partial charge in [0.2, 0.25) is 70.9 Å². The van der Waals surface area contributed by atoms with Crippen molar-refractivity contribution in [2.75, 3.05) is 89.2 Å². The van der Waals surface area contributed by atoms with E-state index in [9.17, 15) is 41.9 Å². The van der Waals surface area contributed by atoms with Crippen LogP contribution in [0.3, 0.4) is 0 Å². The van der Waals surface area contributed by atoms with Crippen molar-refractivity contribution in [3.05, 3.63) is 82.2 Å². The SMILES string of the molecule is CCO[C@@H]1C[C@@H]2C(=O)NC3(CCCC3)C(=O)N(C)[C@@H](C3CCC3)C(=O)N(C)[C@H](C(=O)N(C)C)CC(=O)N(C)[C@@H](CC(C)C)C(=O)N[C@@H]([C@@H](C)CC)C(=O)N(C)CC(=O)N(C)[C@H]3C/C(F)=C\CCN(C3=O)[C@@H](Cc3ccc(C)cc3)C(=O)N(C)CC(=O)N[C@@H](CCc3cc(F)c(C(F)(F)F)c(F)c3)C(=O)N2C1. The number of halogens is 6. The van der Waals surface area contributed by atoms with E-state index in [4.69, 9.17) is 4.74 Å². The van der Waals surface area contributed by atoms with Crippen LogP contribution >= 0.6 is 0 Å². The molecule has 2 saturated carbocycles. The van der Waals surface area contributed by atoms with Crippen molar-refractivity contribution < 1.29 is 88.6 Å². The first kappa shape index (κ1) is 84.6. The summed E-state index contributed by atoms with van der Waals surface area (Å²) in [5.41, 5.74) is -2.86. The normalized spacial score (nSPS) is 26.5. The standard InChI is InChI=1S/C75H106F6N12O13/c1-15-45(6)63-71(103)87(10)42-61(96)89(12)56-37-49(76)23-20-32-92(70(56)102)58(36-46-26-24-44(5)25-27-46)69(101)86(9)41-59(94)82-53(29-28-47-34-51(77)62(52(78)35-47)75(79,80)81)67(99)93-40-50(106-16-2)38-55(93)66(98)84-74(30-17-18-31-74)73(105)91(14)64(48-21-19-22-48)72(104)90(13)57(68(100)85(7)8)39-60(95)88(11)54(33-43(3)4)65(97)83-63/h23-27,34-35,43,45,48,50,53-58,63-64H,15-22,28-33,36-42H2,1-14H3,(H,82,94)(H,83,97)(H,84,98)/b49-23+/t45-,50+,53-,54-,55+,56-,57-,58-,63-,64-/m0/s1. The number of likely N-dealkylation sites (N-methyl/N-ethyl adjacent to an activating group) is 7. The number of benzene rings is 2. The maximum absolute atomic E-state index is 16.0. The van der Waals surface area contributed by atoms with Crippen LogP contribution in [-0.2, 0) is 81.3 Å². The van der Waals surface area contributed by atoms with E-state index in [0.717, 1.165) is 35.0 Å². The lowest BCUT2D eigenvalue weighted by Crippen LogP contribution is -2.65. The Morgan fingerprint density at radius 1 is 0.689 bits per heavy atom. The number of carbonyl (C=O) groups is 12. The molecular formula is C75H106F6N12O13. The number of hydrogen-bond donors (Lipinski definition) is 3. The topological polar surface area (TPSA) is 279 Å². The maximum Gasteiger partial charge on any atom is 0.422 e. The molecule has 10 atom stereocenters. The molecule has 5 aliphatic rings. The second-order valence-electron chi connectivity index (χ2n) is 30.0. The van der Waals surface area contributed by atoms with Crippen LogP contribution in [0.1, 0.15) is 147 Å². The lowest BCUT2D eigenvalue weighted by atomic mass is 9.77. The van der Waals surface area contributed by atoms with E-state index in [0.29, 0.717) is 56.2 Å². The Hall–Kier alpha value is -8.64. The predicted octanol–water partition coefficient (Wildman–Crippen LogP) is 5.33. The third kappa shape index (κ3) is 20.1. The van der Waals surface area contributed by atoms with Gasteiger partial charge in [-0.05, 0) is 106 Å². The van der Waals surface area contributed by atoms with Crippen molar-refractivity contribution in [3.8, 4) is 0 Å². The molecule has 31 heteroatoms. The van der Waals surface area contributed by atoms with Gasteiger partial charge in [-0.15, -0.1) is 0 Å². The molecule has 2 bridgehead atoms. The Morgan fingerprint density at radius 2 is 1.31 bits per heavy atom. The quantitative estimate of drug-likeness (QED) is 0.214. The highest BCUT2D eigenvalue weighted by atomic mass is 19.4. The average Bonchev–Trinajstić information content (AvgIpc) is 1.43. The number of fused-ring (bicyclic) bond motifs is 3. The van der Waals surface area contributed by atoms with Gasteiger partial charge in [-0.3, -0.25) is 57.5 Å². The van der Waals surface area contributed by atoms with Crippen LogP contribution in [0.2, 0.25) is 0 Å². The van der Waals surface area contributed by atoms with Gasteiger partial charge in [0.25, 0.3) is 0 Å². The zero-order chi connectivity index (χ0) is 78.7. The van der Waals surface area contributed by atoms with Gasteiger partial charge >= 0.3 is 6.18 Å². The molecule has 2 aromatic carbocycles. The second-order valence-corrected chi connectivity index (χ2v) is 30.0. The van der Waals surface area contributed by atoms with Gasteiger partial charge in [-0.2, -0.15) is 13.2 Å². The molecule has 12 amide bonds. The molecule has 0 unspecified atom stereocenters. The highest BCUT2D eigenvalue weighted by Gasteiger charge is 2.53. The van der Waals surface area contributed by atoms with Crippen molar-refractivity contribution in [3.63, 3.8) is 0 Å². The van der Waals surface area contributed by atoms with E-state index >= 15 is 41.9 Å². The van der Waals surface area contributed by atoms with Gasteiger partial charge < -0.3 is 64.8 Å². The molecule has 25 nitrogen and oxygen atoms in total. The minimum atomic E-state index is -5.43. The third-order valence-corrected chi connectivity index (χ3v) is 21.6. The van der Waals surface area contributed by atoms with Crippen LogP contribution in [0.5, 0.6) is 0 Å². The molecule has 1 spiro atoms. The highest BCUT2D eigenvalue weighted by Crippen LogP contribution is 2.39. The highest BCUT2D eigenvalue weighted by molar-refractivity contribution is 6.01. The second kappa shape index (κ2) is 36.3. The van der Waals surface area contributed by atoms with Crippen LogP contribution < -0.4 is 16.0 Å². The Balaban J connectivity index is 1.35. The molecule has 106 heavy (non-hydrogen) atoms. The summed E-state index contributed by atoms with van der Waals surface area (Å²) in [7, 11) is 10.7. The fourth-order valence-electron chi connectivity index (χ4n) is 14.9. The van der Waals surface area contributed by atoms with Crippen LogP contribution in [-0.4, -0.2) is 264 Å². The molecular weight excluding hydrogens is 1390 g/mol. The van der Waals surface area contributed by atoms with E-state index in [2.05, 4.69) is 16.0 Å². The number of ether oxygens (including phenoxy) is 1. The lowest BCUT2D eigenvalue weighted by Gasteiger charge is -2.44. The number of aryl methyl sites for hydroxylation is 2. The minimum absolute atomic E-state index is 0.0506. The van der Waals surface area contributed by atoms with Crippen molar-refractivity contribution in [2.45, 2.75) is 210 Å². The van der Waals surface area contributed by atoms with Gasteiger partial charge in [0, 0.05) is 95.3 Å². The van der Waals surface area contributed by atoms with Crippen molar-refractivity contribution in [2.24, 2.45) is 17.8 Å². The number of alkyl halides is 3. The van der Waals surface area contributed by atoms with Gasteiger partial charge in [0.05, 0.1) is 31.4 Å². The Labute approximate surface area is 616 Å². The van der Waals surface area contributed by atoms with E-state index in [1.165, 1.54) is 77.2 Å². The zero-order valence-electron chi connectivity index (χ0n) is 63.4. The summed E-state index contributed by atoms with van der Waals surface area (Å²) in [5, 5.41) is 8.40. The fraction of sp³-hybridized carbons (Fsp3) is 0.653. The van der Waals surface area contributed by atoms with Gasteiger partial charge in [-0.1, -0.05) is 89.3 Å². The first-order valence-electron chi connectivity index (χ1n) is 36.6. The third-order valence-electron chi connectivity index (χ3n) is 21.6.